The first kappa shape index (κ1) is 12.4. The highest BCUT2D eigenvalue weighted by molar-refractivity contribution is 5.79. The third-order valence-electron chi connectivity index (χ3n) is 2.67. The summed E-state index contributed by atoms with van der Waals surface area (Å²) in [6.45, 7) is 1.91. The fourth-order valence-corrected chi connectivity index (χ4v) is 1.68. The Morgan fingerprint density at radius 1 is 1.47 bits per heavy atom. The molecule has 0 spiro atoms. The minimum absolute atomic E-state index is 0.0461. The number of aliphatic hydroxyl groups is 1. The number of carbonyl (C=O) groups is 1. The second-order valence-corrected chi connectivity index (χ2v) is 3.76. The topological polar surface area (TPSA) is 70.6 Å². The van der Waals surface area contributed by atoms with Gasteiger partial charge < -0.3 is 20.5 Å². The van der Waals surface area contributed by atoms with Crippen molar-refractivity contribution >= 4 is 5.91 Å². The van der Waals surface area contributed by atoms with Gasteiger partial charge in [0.2, 0.25) is 5.91 Å². The third-order valence-corrected chi connectivity index (χ3v) is 2.67. The molecule has 0 bridgehead atoms. The van der Waals surface area contributed by atoms with E-state index in [-0.39, 0.29) is 24.5 Å². The van der Waals surface area contributed by atoms with Gasteiger partial charge in [0.15, 0.2) is 0 Å². The Balaban J connectivity index is 2.21. The van der Waals surface area contributed by atoms with Crippen molar-refractivity contribution in [1.29, 1.82) is 0 Å². The van der Waals surface area contributed by atoms with Crippen LogP contribution in [0, 0.1) is 5.92 Å². The molecule has 3 N–H and O–H groups in total. The molecule has 1 aliphatic rings. The van der Waals surface area contributed by atoms with E-state index in [2.05, 4.69) is 10.6 Å². The maximum Gasteiger partial charge on any atom is 0.227 e. The molecular weight excluding hydrogens is 196 g/mol. The lowest BCUT2D eigenvalue weighted by molar-refractivity contribution is -0.125. The van der Waals surface area contributed by atoms with E-state index in [4.69, 9.17) is 9.84 Å². The molecule has 1 fully saturated rings. The fraction of sp³-hybridized carbons (Fsp3) is 0.900. The lowest BCUT2D eigenvalue weighted by atomic mass is 10.0. The molecule has 5 heteroatoms. The Hall–Kier alpha value is -0.650. The van der Waals surface area contributed by atoms with Crippen molar-refractivity contribution < 1.29 is 14.6 Å². The summed E-state index contributed by atoms with van der Waals surface area (Å²) in [4.78, 5) is 11.7. The van der Waals surface area contributed by atoms with Gasteiger partial charge in [-0.1, -0.05) is 0 Å². The number of carbonyl (C=O) groups excluding carboxylic acids is 1. The summed E-state index contributed by atoms with van der Waals surface area (Å²) in [7, 11) is 1.84. The fourth-order valence-electron chi connectivity index (χ4n) is 1.68. The van der Waals surface area contributed by atoms with E-state index in [1.54, 1.807) is 0 Å². The predicted octanol–water partition coefficient (Wildman–Crippen LogP) is -0.890. The normalized spacial score (nSPS) is 25.5. The highest BCUT2D eigenvalue weighted by Crippen LogP contribution is 2.13. The molecule has 2 unspecified atom stereocenters. The molecule has 1 saturated heterocycles. The first-order valence-corrected chi connectivity index (χ1v) is 5.43. The molecule has 0 aromatic carbocycles. The average Bonchev–Trinajstić information content (AvgIpc) is 2.72. The Morgan fingerprint density at radius 2 is 2.27 bits per heavy atom. The van der Waals surface area contributed by atoms with E-state index >= 15 is 0 Å². The van der Waals surface area contributed by atoms with Crippen LogP contribution in [0.25, 0.3) is 0 Å². The van der Waals surface area contributed by atoms with E-state index in [9.17, 15) is 4.79 Å². The largest absolute Gasteiger partial charge is 0.396 e. The van der Waals surface area contributed by atoms with Crippen LogP contribution in [0.3, 0.4) is 0 Å². The highest BCUT2D eigenvalue weighted by Gasteiger charge is 2.32. The molecule has 1 aliphatic heterocycles. The zero-order valence-electron chi connectivity index (χ0n) is 9.16. The van der Waals surface area contributed by atoms with E-state index in [0.717, 1.165) is 12.8 Å². The van der Waals surface area contributed by atoms with E-state index in [0.29, 0.717) is 19.8 Å². The number of ether oxygens (including phenoxy) is 1. The standard InChI is InChI=1S/C10H20N2O3/c1-11-9-7-15-6-8(9)10(14)12-4-2-3-5-13/h8-9,11,13H,2-7H2,1H3,(H,12,14). The second-order valence-electron chi connectivity index (χ2n) is 3.76. The van der Waals surface area contributed by atoms with Gasteiger partial charge in [0.25, 0.3) is 0 Å². The molecule has 1 amide bonds. The van der Waals surface area contributed by atoms with Crippen molar-refractivity contribution in [3.8, 4) is 0 Å². The van der Waals surface area contributed by atoms with Crippen molar-refractivity contribution in [3.05, 3.63) is 0 Å². The summed E-state index contributed by atoms with van der Waals surface area (Å²) < 4.78 is 5.25. The summed E-state index contributed by atoms with van der Waals surface area (Å²) in [6.07, 6.45) is 1.55. The Labute approximate surface area is 90.2 Å². The Kier molecular flexibility index (Phi) is 5.60. The van der Waals surface area contributed by atoms with Gasteiger partial charge in [-0.25, -0.2) is 0 Å². The monoisotopic (exact) mass is 216 g/mol. The van der Waals surface area contributed by atoms with Crippen LogP contribution in [0.15, 0.2) is 0 Å². The number of nitrogens with one attached hydrogen (secondary N) is 2. The van der Waals surface area contributed by atoms with Crippen LogP contribution in [0.2, 0.25) is 0 Å². The van der Waals surface area contributed by atoms with Crippen LogP contribution < -0.4 is 10.6 Å². The number of aliphatic hydroxyl groups excluding tert-OH is 1. The van der Waals surface area contributed by atoms with Gasteiger partial charge in [0.05, 0.1) is 19.1 Å². The summed E-state index contributed by atoms with van der Waals surface area (Å²) in [6, 6.07) is 0.128. The van der Waals surface area contributed by atoms with Crippen LogP contribution in [0.1, 0.15) is 12.8 Å². The molecule has 0 aromatic rings. The van der Waals surface area contributed by atoms with E-state index in [1.807, 2.05) is 7.05 Å². The zero-order valence-corrected chi connectivity index (χ0v) is 9.16. The van der Waals surface area contributed by atoms with Crippen LogP contribution >= 0.6 is 0 Å². The van der Waals surface area contributed by atoms with Crippen molar-refractivity contribution in [1.82, 2.24) is 10.6 Å². The molecule has 88 valence electrons. The Bertz CT molecular complexity index is 199. The maximum atomic E-state index is 11.7. The first-order chi connectivity index (χ1) is 7.29. The third kappa shape index (κ3) is 3.77. The number of hydrogen-bond acceptors (Lipinski definition) is 4. The SMILES string of the molecule is CNC1COCC1C(=O)NCCCCO. The van der Waals surface area contributed by atoms with Crippen LogP contribution in [0.5, 0.6) is 0 Å². The van der Waals surface area contributed by atoms with Crippen molar-refractivity contribution in [2.45, 2.75) is 18.9 Å². The van der Waals surface area contributed by atoms with E-state index in [1.165, 1.54) is 0 Å². The molecule has 1 rings (SSSR count). The highest BCUT2D eigenvalue weighted by atomic mass is 16.5. The minimum Gasteiger partial charge on any atom is -0.396 e. The molecular formula is C10H20N2O3. The lowest BCUT2D eigenvalue weighted by Gasteiger charge is -2.16. The molecule has 1 heterocycles. The van der Waals surface area contributed by atoms with Crippen molar-refractivity contribution in [2.75, 3.05) is 33.4 Å². The maximum absolute atomic E-state index is 11.7. The quantitative estimate of drug-likeness (QED) is 0.504. The number of rotatable bonds is 6. The van der Waals surface area contributed by atoms with Gasteiger partial charge in [-0.05, 0) is 19.9 Å². The lowest BCUT2D eigenvalue weighted by Crippen LogP contribution is -2.42. The smallest absolute Gasteiger partial charge is 0.227 e. The van der Waals surface area contributed by atoms with Gasteiger partial charge >= 0.3 is 0 Å². The molecule has 15 heavy (non-hydrogen) atoms. The zero-order chi connectivity index (χ0) is 11.1. The summed E-state index contributed by atoms with van der Waals surface area (Å²) in [5, 5.41) is 14.5. The minimum atomic E-state index is -0.0795. The van der Waals surface area contributed by atoms with Crippen molar-refractivity contribution in [3.63, 3.8) is 0 Å². The van der Waals surface area contributed by atoms with Crippen LogP contribution in [-0.4, -0.2) is 50.5 Å². The first-order valence-electron chi connectivity index (χ1n) is 5.43. The summed E-state index contributed by atoms with van der Waals surface area (Å²) >= 11 is 0. The van der Waals surface area contributed by atoms with Gasteiger partial charge in [0.1, 0.15) is 0 Å². The molecule has 0 saturated carbocycles. The Morgan fingerprint density at radius 3 is 2.93 bits per heavy atom. The molecule has 0 aromatic heterocycles. The van der Waals surface area contributed by atoms with Crippen molar-refractivity contribution in [2.24, 2.45) is 5.92 Å². The molecule has 0 radical (unpaired) electrons. The second kappa shape index (κ2) is 6.76. The van der Waals surface area contributed by atoms with Crippen LogP contribution in [-0.2, 0) is 9.53 Å². The number of unbranched alkanes of at least 4 members (excludes halogenated alkanes) is 1. The average molecular weight is 216 g/mol. The molecule has 5 nitrogen and oxygen atoms in total. The summed E-state index contributed by atoms with van der Waals surface area (Å²) in [5.41, 5.74) is 0. The number of amides is 1. The van der Waals surface area contributed by atoms with Gasteiger partial charge in [-0.2, -0.15) is 0 Å². The number of hydrogen-bond donors (Lipinski definition) is 3. The van der Waals surface area contributed by atoms with E-state index < -0.39 is 0 Å². The molecule has 0 aliphatic carbocycles. The van der Waals surface area contributed by atoms with Gasteiger partial charge in [0, 0.05) is 19.2 Å². The van der Waals surface area contributed by atoms with Crippen LogP contribution in [0.4, 0.5) is 0 Å². The van der Waals surface area contributed by atoms with Gasteiger partial charge in [-0.3, -0.25) is 4.79 Å². The van der Waals surface area contributed by atoms with Gasteiger partial charge in [-0.15, -0.1) is 0 Å². The predicted molar refractivity (Wildman–Crippen MR) is 56.5 cm³/mol. The number of likely N-dealkylation sites (N-methyl/N-ethyl adjacent to an activating group) is 1. The molecule has 2 atom stereocenters. The summed E-state index contributed by atoms with van der Waals surface area (Å²) in [5.74, 6) is -0.0334.